The molecule has 0 aliphatic carbocycles. The van der Waals surface area contributed by atoms with E-state index in [0.29, 0.717) is 6.61 Å². The van der Waals surface area contributed by atoms with Crippen LogP contribution in [-0.4, -0.2) is 42.7 Å². The van der Waals surface area contributed by atoms with Crippen LogP contribution in [0.5, 0.6) is 5.75 Å². The average Bonchev–Trinajstić information content (AvgIpc) is 2.59. The minimum Gasteiger partial charge on any atom is -0.494 e. The highest BCUT2D eigenvalue weighted by Gasteiger charge is 2.09. The number of hydrogen-bond acceptors (Lipinski definition) is 4. The van der Waals surface area contributed by atoms with Crippen LogP contribution < -0.4 is 10.1 Å². The summed E-state index contributed by atoms with van der Waals surface area (Å²) in [5, 5.41) is 3.41. The Balaban J connectivity index is 1.94. The van der Waals surface area contributed by atoms with Crippen LogP contribution in [0.3, 0.4) is 0 Å². The Morgan fingerprint density at radius 3 is 3.24 bits per heavy atom. The lowest BCUT2D eigenvalue weighted by Gasteiger charge is -2.18. The first-order valence-electron chi connectivity index (χ1n) is 6.39. The second-order valence-corrected chi connectivity index (χ2v) is 4.30. The molecule has 94 valence electrons. The Kier molecular flexibility index (Phi) is 4.76. The fourth-order valence-corrected chi connectivity index (χ4v) is 2.09. The number of aromatic nitrogens is 1. The summed E-state index contributed by atoms with van der Waals surface area (Å²) in [6.45, 7) is 8.07. The van der Waals surface area contributed by atoms with Gasteiger partial charge in [0.2, 0.25) is 0 Å². The Morgan fingerprint density at radius 2 is 2.35 bits per heavy atom. The van der Waals surface area contributed by atoms with Gasteiger partial charge in [0.15, 0.2) is 0 Å². The third-order valence-corrected chi connectivity index (χ3v) is 2.92. The molecule has 1 fully saturated rings. The van der Waals surface area contributed by atoms with Crippen molar-refractivity contribution in [2.75, 3.05) is 32.8 Å². The lowest BCUT2D eigenvalue weighted by Crippen LogP contribution is -2.28. The van der Waals surface area contributed by atoms with Crippen molar-refractivity contribution in [1.29, 1.82) is 0 Å². The highest BCUT2D eigenvalue weighted by molar-refractivity contribution is 5.22. The molecule has 4 heteroatoms. The second-order valence-electron chi connectivity index (χ2n) is 4.30. The molecule has 1 saturated heterocycles. The van der Waals surface area contributed by atoms with Gasteiger partial charge in [-0.25, -0.2) is 0 Å². The van der Waals surface area contributed by atoms with Crippen LogP contribution in [0.1, 0.15) is 19.0 Å². The number of ether oxygens (including phenoxy) is 1. The van der Waals surface area contributed by atoms with Crippen molar-refractivity contribution < 1.29 is 4.74 Å². The van der Waals surface area contributed by atoms with Crippen LogP contribution >= 0.6 is 0 Å². The third kappa shape index (κ3) is 3.98. The van der Waals surface area contributed by atoms with Gasteiger partial charge in [-0.2, -0.15) is 0 Å². The number of nitrogens with zero attached hydrogens (tertiary/aromatic N) is 2. The molecule has 0 radical (unpaired) electrons. The largest absolute Gasteiger partial charge is 0.494 e. The van der Waals surface area contributed by atoms with Crippen molar-refractivity contribution in [2.45, 2.75) is 19.9 Å². The molecule has 0 amide bonds. The maximum Gasteiger partial charge on any atom is 0.122 e. The molecular weight excluding hydrogens is 214 g/mol. The molecule has 17 heavy (non-hydrogen) atoms. The van der Waals surface area contributed by atoms with Crippen molar-refractivity contribution in [3.63, 3.8) is 0 Å². The molecular formula is C13H21N3O. The molecule has 1 aromatic rings. The maximum atomic E-state index is 5.49. The molecule has 0 spiro atoms. The Bertz CT molecular complexity index is 335. The Morgan fingerprint density at radius 1 is 1.41 bits per heavy atom. The summed E-state index contributed by atoms with van der Waals surface area (Å²) in [6, 6.07) is 3.96. The van der Waals surface area contributed by atoms with Gasteiger partial charge >= 0.3 is 0 Å². The van der Waals surface area contributed by atoms with Crippen molar-refractivity contribution in [3.8, 4) is 5.75 Å². The summed E-state index contributed by atoms with van der Waals surface area (Å²) < 4.78 is 5.49. The van der Waals surface area contributed by atoms with E-state index in [1.807, 2.05) is 25.3 Å². The van der Waals surface area contributed by atoms with Gasteiger partial charge in [-0.15, -0.1) is 0 Å². The van der Waals surface area contributed by atoms with Crippen LogP contribution in [0.4, 0.5) is 0 Å². The lowest BCUT2D eigenvalue weighted by atomic mass is 10.3. The zero-order chi connectivity index (χ0) is 11.9. The molecule has 1 aromatic heterocycles. The number of pyridine rings is 1. The van der Waals surface area contributed by atoms with Crippen LogP contribution in [0.15, 0.2) is 18.3 Å². The smallest absolute Gasteiger partial charge is 0.122 e. The van der Waals surface area contributed by atoms with E-state index in [1.54, 1.807) is 0 Å². The fraction of sp³-hybridized carbons (Fsp3) is 0.615. The van der Waals surface area contributed by atoms with Gasteiger partial charge in [0.1, 0.15) is 5.75 Å². The van der Waals surface area contributed by atoms with Crippen LogP contribution in [0, 0.1) is 0 Å². The summed E-state index contributed by atoms with van der Waals surface area (Å²) in [5.41, 5.74) is 1.10. The molecule has 0 unspecified atom stereocenters. The maximum absolute atomic E-state index is 5.49. The first kappa shape index (κ1) is 12.3. The van der Waals surface area contributed by atoms with Gasteiger partial charge in [-0.3, -0.25) is 9.88 Å². The van der Waals surface area contributed by atoms with Crippen LogP contribution in [0.2, 0.25) is 0 Å². The van der Waals surface area contributed by atoms with E-state index in [9.17, 15) is 0 Å². The number of rotatable bonds is 4. The highest BCUT2D eigenvalue weighted by atomic mass is 16.5. The zero-order valence-corrected chi connectivity index (χ0v) is 10.5. The topological polar surface area (TPSA) is 37.4 Å². The van der Waals surface area contributed by atoms with Crippen molar-refractivity contribution >= 4 is 0 Å². The summed E-state index contributed by atoms with van der Waals surface area (Å²) in [6.07, 6.45) is 3.04. The van der Waals surface area contributed by atoms with E-state index in [4.69, 9.17) is 4.74 Å². The van der Waals surface area contributed by atoms with Crippen LogP contribution in [-0.2, 0) is 6.54 Å². The molecule has 0 saturated carbocycles. The fourth-order valence-electron chi connectivity index (χ4n) is 2.09. The molecule has 4 nitrogen and oxygen atoms in total. The van der Waals surface area contributed by atoms with Crippen LogP contribution in [0.25, 0.3) is 0 Å². The standard InChI is InChI=1S/C13H21N3O/c1-2-17-13-4-6-15-12(10-13)11-16-8-3-5-14-7-9-16/h4,6,10,14H,2-3,5,7-9,11H2,1H3. The lowest BCUT2D eigenvalue weighted by molar-refractivity contribution is 0.279. The molecule has 0 bridgehead atoms. The molecule has 1 aliphatic heterocycles. The van der Waals surface area contributed by atoms with Gasteiger partial charge in [-0.1, -0.05) is 0 Å². The first-order valence-corrected chi connectivity index (χ1v) is 6.39. The zero-order valence-electron chi connectivity index (χ0n) is 10.5. The Labute approximate surface area is 103 Å². The molecule has 1 N–H and O–H groups in total. The quantitative estimate of drug-likeness (QED) is 0.853. The Hall–Kier alpha value is -1.13. The van der Waals surface area contributed by atoms with Gasteiger partial charge in [-0.05, 0) is 32.5 Å². The molecule has 0 atom stereocenters. The second kappa shape index (κ2) is 6.57. The molecule has 2 rings (SSSR count). The van der Waals surface area contributed by atoms with Gasteiger partial charge < -0.3 is 10.1 Å². The summed E-state index contributed by atoms with van der Waals surface area (Å²) in [7, 11) is 0. The van der Waals surface area contributed by atoms with E-state index in [0.717, 1.165) is 44.2 Å². The summed E-state index contributed by atoms with van der Waals surface area (Å²) in [4.78, 5) is 6.85. The number of nitrogens with one attached hydrogen (secondary N) is 1. The third-order valence-electron chi connectivity index (χ3n) is 2.92. The minimum atomic E-state index is 0.705. The van der Waals surface area contributed by atoms with E-state index in [-0.39, 0.29) is 0 Å². The highest BCUT2D eigenvalue weighted by Crippen LogP contribution is 2.12. The first-order chi connectivity index (χ1) is 8.38. The van der Waals surface area contributed by atoms with Crippen molar-refractivity contribution in [1.82, 2.24) is 15.2 Å². The minimum absolute atomic E-state index is 0.705. The monoisotopic (exact) mass is 235 g/mol. The van der Waals surface area contributed by atoms with Crippen molar-refractivity contribution in [2.24, 2.45) is 0 Å². The van der Waals surface area contributed by atoms with Crippen molar-refractivity contribution in [3.05, 3.63) is 24.0 Å². The molecule has 0 aromatic carbocycles. The normalized spacial score (nSPS) is 17.7. The predicted octanol–water partition coefficient (Wildman–Crippen LogP) is 1.28. The number of hydrogen-bond donors (Lipinski definition) is 1. The average molecular weight is 235 g/mol. The van der Waals surface area contributed by atoms with E-state index in [1.165, 1.54) is 6.42 Å². The predicted molar refractivity (Wildman–Crippen MR) is 68.2 cm³/mol. The summed E-state index contributed by atoms with van der Waals surface area (Å²) >= 11 is 0. The molecule has 1 aliphatic rings. The summed E-state index contributed by atoms with van der Waals surface area (Å²) in [5.74, 6) is 0.922. The van der Waals surface area contributed by atoms with E-state index >= 15 is 0 Å². The van der Waals surface area contributed by atoms with Gasteiger partial charge in [0, 0.05) is 31.9 Å². The van der Waals surface area contributed by atoms with Gasteiger partial charge in [0.25, 0.3) is 0 Å². The SMILES string of the molecule is CCOc1ccnc(CN2CCCNCC2)c1. The molecule has 2 heterocycles. The van der Waals surface area contributed by atoms with E-state index in [2.05, 4.69) is 15.2 Å². The van der Waals surface area contributed by atoms with E-state index < -0.39 is 0 Å². The van der Waals surface area contributed by atoms with Gasteiger partial charge in [0.05, 0.1) is 12.3 Å².